The molecule has 4 heteroatoms. The third kappa shape index (κ3) is 2.98. The molecule has 4 aromatic rings. The Hall–Kier alpha value is -2.46. The topological polar surface area (TPSA) is 27.1 Å². The molecule has 0 saturated carbocycles. The third-order valence-electron chi connectivity index (χ3n) is 4.40. The summed E-state index contributed by atoms with van der Waals surface area (Å²) >= 11 is 1.87. The number of thioether (sulfide) groups is 1. The molecule has 0 N–H and O–H groups in total. The highest BCUT2D eigenvalue weighted by Gasteiger charge is 2.12. The molecule has 0 atom stereocenters. The highest BCUT2D eigenvalue weighted by Crippen LogP contribution is 2.31. The summed E-state index contributed by atoms with van der Waals surface area (Å²) in [5, 5.41) is 1.13. The van der Waals surface area contributed by atoms with Gasteiger partial charge in [-0.2, -0.15) is 0 Å². The van der Waals surface area contributed by atoms with Crippen LogP contribution in [0.4, 0.5) is 0 Å². The van der Waals surface area contributed by atoms with Crippen molar-refractivity contribution in [1.29, 1.82) is 0 Å². The normalized spacial score (nSPS) is 11.3. The van der Waals surface area contributed by atoms with Crippen LogP contribution in [0.3, 0.4) is 0 Å². The Morgan fingerprint density at radius 1 is 1.04 bits per heavy atom. The van der Waals surface area contributed by atoms with Gasteiger partial charge in [-0.1, -0.05) is 19.1 Å². The van der Waals surface area contributed by atoms with Crippen LogP contribution in [0.2, 0.25) is 0 Å². The lowest BCUT2D eigenvalue weighted by Gasteiger charge is -2.09. The zero-order valence-corrected chi connectivity index (χ0v) is 15.2. The van der Waals surface area contributed by atoms with E-state index in [1.54, 1.807) is 7.11 Å². The predicted octanol–water partition coefficient (Wildman–Crippen LogP) is 5.36. The van der Waals surface area contributed by atoms with Crippen molar-refractivity contribution in [2.75, 3.05) is 12.9 Å². The number of methoxy groups -OCH3 is 1. The maximum absolute atomic E-state index is 5.40. The highest BCUT2D eigenvalue weighted by atomic mass is 32.2. The maximum Gasteiger partial charge on any atom is 0.119 e. The molecule has 2 heterocycles. The summed E-state index contributed by atoms with van der Waals surface area (Å²) in [7, 11) is 1.70. The lowest BCUT2D eigenvalue weighted by atomic mass is 10.2. The first-order valence-electron chi connectivity index (χ1n) is 8.43. The minimum absolute atomic E-state index is 0.828. The lowest BCUT2D eigenvalue weighted by molar-refractivity contribution is 0.415. The highest BCUT2D eigenvalue weighted by molar-refractivity contribution is 7.99. The molecular weight excluding hydrogens is 328 g/mol. The van der Waals surface area contributed by atoms with E-state index in [1.807, 2.05) is 30.1 Å². The number of rotatable bonds is 5. The van der Waals surface area contributed by atoms with E-state index in [0.29, 0.717) is 0 Å². The van der Waals surface area contributed by atoms with Crippen LogP contribution in [-0.2, 0) is 6.54 Å². The fourth-order valence-corrected chi connectivity index (χ4v) is 3.89. The van der Waals surface area contributed by atoms with Gasteiger partial charge in [0.25, 0.3) is 0 Å². The summed E-state index contributed by atoms with van der Waals surface area (Å²) < 4.78 is 7.73. The summed E-state index contributed by atoms with van der Waals surface area (Å²) in [6, 6.07) is 19.2. The molecule has 2 aromatic carbocycles. The first-order chi connectivity index (χ1) is 12.3. The van der Waals surface area contributed by atoms with Crippen molar-refractivity contribution in [3.05, 3.63) is 66.4 Å². The number of benzene rings is 2. The smallest absolute Gasteiger partial charge is 0.119 e. The van der Waals surface area contributed by atoms with Crippen LogP contribution >= 0.6 is 11.8 Å². The van der Waals surface area contributed by atoms with E-state index in [4.69, 9.17) is 4.74 Å². The van der Waals surface area contributed by atoms with Crippen molar-refractivity contribution >= 4 is 33.7 Å². The Balaban J connectivity index is 1.82. The van der Waals surface area contributed by atoms with E-state index in [0.717, 1.165) is 34.5 Å². The standard InChI is InChI=1S/C21H20N2OS/c1-3-25-17-9-6-15(7-10-17)14-23-19-11-8-16(24-2)13-18(19)21-20(23)5-4-12-22-21/h4-13H,3,14H2,1-2H3. The van der Waals surface area contributed by atoms with Gasteiger partial charge in [-0.3, -0.25) is 4.98 Å². The minimum atomic E-state index is 0.828. The van der Waals surface area contributed by atoms with Crippen molar-refractivity contribution in [1.82, 2.24) is 9.55 Å². The van der Waals surface area contributed by atoms with Crippen molar-refractivity contribution in [2.45, 2.75) is 18.4 Å². The van der Waals surface area contributed by atoms with Gasteiger partial charge in [-0.25, -0.2) is 0 Å². The van der Waals surface area contributed by atoms with E-state index in [1.165, 1.54) is 16.0 Å². The molecule has 0 spiro atoms. The van der Waals surface area contributed by atoms with Crippen LogP contribution in [0.5, 0.6) is 5.75 Å². The first kappa shape index (κ1) is 16.0. The molecule has 3 nitrogen and oxygen atoms in total. The fourth-order valence-electron chi connectivity index (χ4n) is 3.23. The number of fused-ring (bicyclic) bond motifs is 3. The van der Waals surface area contributed by atoms with E-state index in [-0.39, 0.29) is 0 Å². The van der Waals surface area contributed by atoms with Gasteiger partial charge in [0, 0.05) is 23.0 Å². The predicted molar refractivity (Wildman–Crippen MR) is 106 cm³/mol. The summed E-state index contributed by atoms with van der Waals surface area (Å²) in [6.45, 7) is 3.01. The summed E-state index contributed by atoms with van der Waals surface area (Å²) in [6.07, 6.45) is 1.85. The zero-order valence-electron chi connectivity index (χ0n) is 14.4. The van der Waals surface area contributed by atoms with Crippen LogP contribution in [-0.4, -0.2) is 22.4 Å². The largest absolute Gasteiger partial charge is 0.497 e. The average molecular weight is 348 g/mol. The van der Waals surface area contributed by atoms with Crippen LogP contribution in [0.15, 0.2) is 65.7 Å². The zero-order chi connectivity index (χ0) is 17.2. The maximum atomic E-state index is 5.40. The van der Waals surface area contributed by atoms with Crippen LogP contribution in [0.25, 0.3) is 21.9 Å². The molecule has 0 aliphatic rings. The Morgan fingerprint density at radius 3 is 2.64 bits per heavy atom. The summed E-state index contributed by atoms with van der Waals surface area (Å²) in [5.74, 6) is 1.96. The molecule has 25 heavy (non-hydrogen) atoms. The van der Waals surface area contributed by atoms with Crippen LogP contribution < -0.4 is 4.74 Å². The molecule has 0 radical (unpaired) electrons. The number of nitrogens with zero attached hydrogens (tertiary/aromatic N) is 2. The van der Waals surface area contributed by atoms with E-state index in [9.17, 15) is 0 Å². The molecule has 4 rings (SSSR count). The van der Waals surface area contributed by atoms with Crippen molar-refractivity contribution in [2.24, 2.45) is 0 Å². The summed E-state index contributed by atoms with van der Waals surface area (Å²) in [4.78, 5) is 5.93. The Bertz CT molecular complexity index is 1020. The SMILES string of the molecule is CCSc1ccc(Cn2c3ccc(OC)cc3c3ncccc32)cc1. The third-order valence-corrected chi connectivity index (χ3v) is 5.30. The first-order valence-corrected chi connectivity index (χ1v) is 9.41. The van der Waals surface area contributed by atoms with E-state index in [2.05, 4.69) is 58.9 Å². The van der Waals surface area contributed by atoms with Crippen LogP contribution in [0.1, 0.15) is 12.5 Å². The molecule has 126 valence electrons. The molecule has 0 aliphatic heterocycles. The lowest BCUT2D eigenvalue weighted by Crippen LogP contribution is -1.99. The molecule has 0 bridgehead atoms. The van der Waals surface area contributed by atoms with Crippen molar-refractivity contribution in [3.63, 3.8) is 0 Å². The van der Waals surface area contributed by atoms with Gasteiger partial charge in [0.2, 0.25) is 0 Å². The van der Waals surface area contributed by atoms with Gasteiger partial charge in [0.05, 0.1) is 23.7 Å². The Labute approximate surface area is 151 Å². The molecule has 0 fully saturated rings. The second-order valence-corrected chi connectivity index (χ2v) is 7.25. The minimum Gasteiger partial charge on any atom is -0.497 e. The van der Waals surface area contributed by atoms with Gasteiger partial charge in [-0.05, 0) is 53.8 Å². The van der Waals surface area contributed by atoms with Gasteiger partial charge >= 0.3 is 0 Å². The second kappa shape index (κ2) is 6.81. The number of hydrogen-bond acceptors (Lipinski definition) is 3. The number of hydrogen-bond donors (Lipinski definition) is 0. The summed E-state index contributed by atoms with van der Waals surface area (Å²) in [5.41, 5.74) is 4.65. The van der Waals surface area contributed by atoms with Gasteiger partial charge in [0.1, 0.15) is 5.75 Å². The average Bonchev–Trinajstić information content (AvgIpc) is 2.97. The van der Waals surface area contributed by atoms with Gasteiger partial charge in [-0.15, -0.1) is 11.8 Å². The van der Waals surface area contributed by atoms with Crippen molar-refractivity contribution < 1.29 is 4.74 Å². The number of aromatic nitrogens is 2. The van der Waals surface area contributed by atoms with Gasteiger partial charge < -0.3 is 9.30 Å². The molecule has 2 aromatic heterocycles. The fraction of sp³-hybridized carbons (Fsp3) is 0.190. The van der Waals surface area contributed by atoms with Crippen LogP contribution in [0, 0.1) is 0 Å². The molecule has 0 amide bonds. The van der Waals surface area contributed by atoms with E-state index < -0.39 is 0 Å². The monoisotopic (exact) mass is 348 g/mol. The Morgan fingerprint density at radius 2 is 1.88 bits per heavy atom. The molecule has 0 unspecified atom stereocenters. The quantitative estimate of drug-likeness (QED) is 0.454. The number of pyridine rings is 1. The molecule has 0 saturated heterocycles. The Kier molecular flexibility index (Phi) is 4.36. The van der Waals surface area contributed by atoms with Crippen molar-refractivity contribution in [3.8, 4) is 5.75 Å². The second-order valence-electron chi connectivity index (χ2n) is 5.92. The molecular formula is C21H20N2OS. The number of ether oxygens (including phenoxy) is 1. The van der Waals surface area contributed by atoms with Gasteiger partial charge in [0.15, 0.2) is 0 Å². The molecule has 0 aliphatic carbocycles. The van der Waals surface area contributed by atoms with E-state index >= 15 is 0 Å².